The molecule has 0 amide bonds. The van der Waals surface area contributed by atoms with Gasteiger partial charge < -0.3 is 0 Å². The SMILES string of the molecule is Cc1ccc(C(=O)c2cnsn2)cc1F. The molecule has 0 fully saturated rings. The predicted octanol–water partition coefficient (Wildman–Crippen LogP) is 2.22. The Morgan fingerprint density at radius 2 is 2.27 bits per heavy atom. The van der Waals surface area contributed by atoms with E-state index in [-0.39, 0.29) is 17.3 Å². The molecule has 76 valence electrons. The Hall–Kier alpha value is -1.62. The number of aromatic nitrogens is 2. The molecule has 5 heteroatoms. The first-order valence-corrected chi connectivity index (χ1v) is 5.00. The van der Waals surface area contributed by atoms with Gasteiger partial charge in [0.25, 0.3) is 0 Å². The summed E-state index contributed by atoms with van der Waals surface area (Å²) in [6.45, 7) is 1.65. The molecule has 1 heterocycles. The molecular formula is C10H7FN2OS. The Kier molecular flexibility index (Phi) is 2.55. The smallest absolute Gasteiger partial charge is 0.214 e. The summed E-state index contributed by atoms with van der Waals surface area (Å²) in [6, 6.07) is 4.37. The zero-order chi connectivity index (χ0) is 10.8. The minimum Gasteiger partial charge on any atom is -0.287 e. The molecule has 0 unspecified atom stereocenters. The van der Waals surface area contributed by atoms with E-state index in [1.165, 1.54) is 12.3 Å². The van der Waals surface area contributed by atoms with E-state index in [9.17, 15) is 9.18 Å². The van der Waals surface area contributed by atoms with Crippen LogP contribution in [0.2, 0.25) is 0 Å². The van der Waals surface area contributed by atoms with Gasteiger partial charge in [-0.3, -0.25) is 4.79 Å². The number of carbonyl (C=O) groups excluding carboxylic acids is 1. The molecule has 0 aliphatic heterocycles. The molecule has 0 saturated heterocycles. The zero-order valence-electron chi connectivity index (χ0n) is 7.90. The molecule has 0 saturated carbocycles. The van der Waals surface area contributed by atoms with Crippen molar-refractivity contribution >= 4 is 17.5 Å². The summed E-state index contributed by atoms with van der Waals surface area (Å²) in [6.07, 6.45) is 1.38. The Labute approximate surface area is 89.9 Å². The first kappa shape index (κ1) is 9.92. The molecule has 0 atom stereocenters. The molecule has 2 rings (SSSR count). The van der Waals surface area contributed by atoms with Crippen molar-refractivity contribution in [1.82, 2.24) is 8.75 Å². The average molecular weight is 222 g/mol. The van der Waals surface area contributed by atoms with E-state index in [0.717, 1.165) is 11.7 Å². The molecule has 2 aromatic rings. The molecule has 15 heavy (non-hydrogen) atoms. The Bertz CT molecular complexity index is 496. The van der Waals surface area contributed by atoms with E-state index in [4.69, 9.17) is 0 Å². The van der Waals surface area contributed by atoms with Crippen LogP contribution in [-0.4, -0.2) is 14.5 Å². The monoisotopic (exact) mass is 222 g/mol. The zero-order valence-corrected chi connectivity index (χ0v) is 8.71. The van der Waals surface area contributed by atoms with Crippen molar-refractivity contribution < 1.29 is 9.18 Å². The summed E-state index contributed by atoms with van der Waals surface area (Å²) in [7, 11) is 0. The van der Waals surface area contributed by atoms with Crippen LogP contribution in [0, 0.1) is 12.7 Å². The third kappa shape index (κ3) is 1.92. The van der Waals surface area contributed by atoms with Gasteiger partial charge in [0.1, 0.15) is 11.5 Å². The van der Waals surface area contributed by atoms with Crippen molar-refractivity contribution in [3.63, 3.8) is 0 Å². The fraction of sp³-hybridized carbons (Fsp3) is 0.100. The first-order valence-electron chi connectivity index (χ1n) is 4.27. The number of aryl methyl sites for hydroxylation is 1. The van der Waals surface area contributed by atoms with Crippen LogP contribution in [0.25, 0.3) is 0 Å². The van der Waals surface area contributed by atoms with Gasteiger partial charge in [-0.1, -0.05) is 12.1 Å². The Morgan fingerprint density at radius 1 is 1.47 bits per heavy atom. The van der Waals surface area contributed by atoms with Crippen molar-refractivity contribution in [3.8, 4) is 0 Å². The highest BCUT2D eigenvalue weighted by Gasteiger charge is 2.12. The number of hydrogen-bond donors (Lipinski definition) is 0. The lowest BCUT2D eigenvalue weighted by molar-refractivity contribution is 0.103. The molecule has 0 radical (unpaired) electrons. The third-order valence-electron chi connectivity index (χ3n) is 2.03. The van der Waals surface area contributed by atoms with Gasteiger partial charge in [-0.2, -0.15) is 8.75 Å². The van der Waals surface area contributed by atoms with Crippen LogP contribution < -0.4 is 0 Å². The number of hydrogen-bond acceptors (Lipinski definition) is 4. The number of rotatable bonds is 2. The maximum absolute atomic E-state index is 13.2. The highest BCUT2D eigenvalue weighted by Crippen LogP contribution is 2.12. The van der Waals surface area contributed by atoms with Gasteiger partial charge in [0, 0.05) is 5.56 Å². The standard InChI is InChI=1S/C10H7FN2OS/c1-6-2-3-7(4-8(6)11)10(14)9-5-12-15-13-9/h2-5H,1H3. The number of ketones is 1. The number of halogens is 1. The molecule has 0 bridgehead atoms. The van der Waals surface area contributed by atoms with E-state index in [0.29, 0.717) is 11.1 Å². The highest BCUT2D eigenvalue weighted by molar-refractivity contribution is 6.99. The number of nitrogens with zero attached hydrogens (tertiary/aromatic N) is 2. The summed E-state index contributed by atoms with van der Waals surface area (Å²) in [5.41, 5.74) is 1.07. The van der Waals surface area contributed by atoms with Crippen LogP contribution in [0.3, 0.4) is 0 Å². The molecule has 3 nitrogen and oxygen atoms in total. The van der Waals surface area contributed by atoms with E-state index >= 15 is 0 Å². The lowest BCUT2D eigenvalue weighted by Gasteiger charge is -1.99. The maximum Gasteiger partial charge on any atom is 0.214 e. The minimum atomic E-state index is -0.385. The first-order chi connectivity index (χ1) is 7.18. The van der Waals surface area contributed by atoms with E-state index in [1.807, 2.05) is 0 Å². The van der Waals surface area contributed by atoms with Crippen molar-refractivity contribution in [1.29, 1.82) is 0 Å². The second kappa shape index (κ2) is 3.86. The Balaban J connectivity index is 2.39. The van der Waals surface area contributed by atoms with Crippen LogP contribution in [0.15, 0.2) is 24.4 Å². The molecule has 0 N–H and O–H groups in total. The van der Waals surface area contributed by atoms with Gasteiger partial charge in [-0.25, -0.2) is 4.39 Å². The average Bonchev–Trinajstić information content (AvgIpc) is 2.74. The lowest BCUT2D eigenvalue weighted by atomic mass is 10.1. The lowest BCUT2D eigenvalue weighted by Crippen LogP contribution is -2.02. The molecule has 0 spiro atoms. The van der Waals surface area contributed by atoms with Gasteiger partial charge in [-0.05, 0) is 18.6 Å². The second-order valence-electron chi connectivity index (χ2n) is 3.09. The summed E-state index contributed by atoms with van der Waals surface area (Å²) >= 11 is 0.955. The summed E-state index contributed by atoms with van der Waals surface area (Å²) in [5, 5.41) is 0. The largest absolute Gasteiger partial charge is 0.287 e. The summed E-state index contributed by atoms with van der Waals surface area (Å²) in [4.78, 5) is 11.7. The van der Waals surface area contributed by atoms with Gasteiger partial charge in [0.15, 0.2) is 0 Å². The molecule has 0 aliphatic rings. The molecule has 0 aliphatic carbocycles. The van der Waals surface area contributed by atoms with E-state index in [1.54, 1.807) is 19.1 Å². The quantitative estimate of drug-likeness (QED) is 0.732. The summed E-state index contributed by atoms with van der Waals surface area (Å²) in [5.74, 6) is -0.688. The summed E-state index contributed by atoms with van der Waals surface area (Å²) < 4.78 is 20.7. The molecule has 1 aromatic carbocycles. The van der Waals surface area contributed by atoms with Crippen molar-refractivity contribution in [2.24, 2.45) is 0 Å². The maximum atomic E-state index is 13.2. The van der Waals surface area contributed by atoms with E-state index in [2.05, 4.69) is 8.75 Å². The number of carbonyl (C=O) groups is 1. The molecule has 1 aromatic heterocycles. The van der Waals surface area contributed by atoms with Crippen molar-refractivity contribution in [3.05, 3.63) is 47.0 Å². The topological polar surface area (TPSA) is 42.9 Å². The highest BCUT2D eigenvalue weighted by atomic mass is 32.1. The van der Waals surface area contributed by atoms with Crippen LogP contribution >= 0.6 is 11.7 Å². The van der Waals surface area contributed by atoms with Gasteiger partial charge in [0.2, 0.25) is 5.78 Å². The molecular weight excluding hydrogens is 215 g/mol. The Morgan fingerprint density at radius 3 is 2.87 bits per heavy atom. The third-order valence-corrected chi connectivity index (χ3v) is 2.51. The minimum absolute atomic E-state index is 0.253. The number of benzene rings is 1. The fourth-order valence-electron chi connectivity index (χ4n) is 1.15. The van der Waals surface area contributed by atoms with Crippen LogP contribution in [-0.2, 0) is 0 Å². The van der Waals surface area contributed by atoms with Gasteiger partial charge in [0.05, 0.1) is 17.9 Å². The fourth-order valence-corrected chi connectivity index (χ4v) is 1.56. The van der Waals surface area contributed by atoms with Crippen LogP contribution in [0.5, 0.6) is 0 Å². The van der Waals surface area contributed by atoms with Gasteiger partial charge in [-0.15, -0.1) is 0 Å². The van der Waals surface area contributed by atoms with Crippen LogP contribution in [0.4, 0.5) is 4.39 Å². The van der Waals surface area contributed by atoms with Gasteiger partial charge >= 0.3 is 0 Å². The van der Waals surface area contributed by atoms with Crippen LogP contribution in [0.1, 0.15) is 21.6 Å². The van der Waals surface area contributed by atoms with Crippen molar-refractivity contribution in [2.45, 2.75) is 6.92 Å². The predicted molar refractivity (Wildman–Crippen MR) is 54.5 cm³/mol. The van der Waals surface area contributed by atoms with Crippen molar-refractivity contribution in [2.75, 3.05) is 0 Å². The second-order valence-corrected chi connectivity index (χ2v) is 3.64. The van der Waals surface area contributed by atoms with E-state index < -0.39 is 0 Å². The normalized spacial score (nSPS) is 10.3.